The molecule has 8 rings (SSSR count). The topological polar surface area (TPSA) is 173 Å². The molecule has 0 spiro atoms. The van der Waals surface area contributed by atoms with Crippen molar-refractivity contribution < 1.29 is 32.6 Å². The van der Waals surface area contributed by atoms with Crippen LogP contribution in [0.15, 0.2) is 61.3 Å². The second kappa shape index (κ2) is 13.7. The number of carbonyl (C=O) groups excluding carboxylic acids is 3. The van der Waals surface area contributed by atoms with E-state index in [1.54, 1.807) is 33.2 Å². The predicted octanol–water partition coefficient (Wildman–Crippen LogP) is 6.55. The van der Waals surface area contributed by atoms with E-state index in [0.717, 1.165) is 39.4 Å². The maximum atomic E-state index is 14.5. The zero-order chi connectivity index (χ0) is 38.6. The Hall–Kier alpha value is -5.93. The predicted molar refractivity (Wildman–Crippen MR) is 195 cm³/mol. The Labute approximate surface area is 315 Å². The maximum Gasteiger partial charge on any atom is 0.411 e. The van der Waals surface area contributed by atoms with E-state index in [9.17, 15) is 23.2 Å². The standard InChI is InChI=1S/C39H41F2N9O5/c1-38(2,3)55-37(53)50-20-39(40,41)14-29(50)35-45-18-28(47-35)25-15-42-33(43-16-25)23-7-5-21(6-8-23)27-17-44-34(46-27)24-13-30(51)31-26(48-36(52)54-4)10-9-22-11-12-49(19-24)32(22)31/h5-8,11-12,15-18,24,26,29,31H,9-10,13-14,19-20H2,1-4H3,(H,44,46)(H,45,47)(H,48,52)/t24-,26-,29-,31?/m0/s1. The van der Waals surface area contributed by atoms with Crippen LogP contribution in [0.4, 0.5) is 18.4 Å². The number of nitrogens with zero attached hydrogens (tertiary/aromatic N) is 6. The van der Waals surface area contributed by atoms with E-state index >= 15 is 0 Å². The van der Waals surface area contributed by atoms with Crippen LogP contribution in [0, 0.1) is 0 Å². The minimum atomic E-state index is -3.08. The molecule has 1 saturated heterocycles. The highest BCUT2D eigenvalue weighted by molar-refractivity contribution is 5.88. The van der Waals surface area contributed by atoms with Gasteiger partial charge in [0.05, 0.1) is 43.2 Å². The van der Waals surface area contributed by atoms with Gasteiger partial charge in [0.15, 0.2) is 5.82 Å². The minimum Gasteiger partial charge on any atom is -0.453 e. The van der Waals surface area contributed by atoms with Gasteiger partial charge in [0.25, 0.3) is 5.92 Å². The molecular formula is C39H41F2N9O5. The monoisotopic (exact) mass is 753 g/mol. The third-order valence-electron chi connectivity index (χ3n) is 10.4. The molecule has 0 saturated carbocycles. The van der Waals surface area contributed by atoms with Gasteiger partial charge < -0.3 is 29.3 Å². The smallest absolute Gasteiger partial charge is 0.411 e. The number of nitrogens with one attached hydrogen (secondary N) is 3. The zero-order valence-corrected chi connectivity index (χ0v) is 30.8. The van der Waals surface area contributed by atoms with Crippen LogP contribution < -0.4 is 5.32 Å². The van der Waals surface area contributed by atoms with E-state index < -0.39 is 48.6 Å². The fourth-order valence-corrected chi connectivity index (χ4v) is 7.87. The number of halogens is 2. The Morgan fingerprint density at radius 3 is 2.47 bits per heavy atom. The van der Waals surface area contributed by atoms with Crippen molar-refractivity contribution in [1.29, 1.82) is 0 Å². The van der Waals surface area contributed by atoms with Gasteiger partial charge in [-0.05, 0) is 45.2 Å². The molecule has 14 nitrogen and oxygen atoms in total. The fourth-order valence-electron chi connectivity index (χ4n) is 7.87. The summed E-state index contributed by atoms with van der Waals surface area (Å²) in [4.78, 5) is 64.3. The number of H-pyrrole nitrogens is 2. The van der Waals surface area contributed by atoms with Gasteiger partial charge in [-0.1, -0.05) is 24.3 Å². The van der Waals surface area contributed by atoms with Gasteiger partial charge in [-0.15, -0.1) is 0 Å². The number of amides is 2. The lowest BCUT2D eigenvalue weighted by Gasteiger charge is -2.31. The Morgan fingerprint density at radius 1 is 1.00 bits per heavy atom. The summed E-state index contributed by atoms with van der Waals surface area (Å²) in [5.74, 6) is -2.21. The summed E-state index contributed by atoms with van der Waals surface area (Å²) >= 11 is 0. The van der Waals surface area contributed by atoms with Gasteiger partial charge in [-0.3, -0.25) is 9.69 Å². The highest BCUT2D eigenvalue weighted by Gasteiger charge is 2.50. The number of benzene rings is 1. The highest BCUT2D eigenvalue weighted by atomic mass is 19.3. The molecule has 55 heavy (non-hydrogen) atoms. The Morgan fingerprint density at radius 2 is 1.75 bits per heavy atom. The number of aryl methyl sites for hydroxylation is 1. The van der Waals surface area contributed by atoms with Crippen molar-refractivity contribution in [3.8, 4) is 33.9 Å². The zero-order valence-electron chi connectivity index (χ0n) is 30.8. The number of carbonyl (C=O) groups is 3. The SMILES string of the molecule is COC(=O)N[C@H]1CCc2ccn3c2C1C(=O)C[C@H](c1nc(-c2ccc(-c4ncc(-c5cnc([C@@H]6CC(F)(F)CN6C(=O)OC(C)(C)C)[nH]5)cn4)cc2)c[nH]1)C3. The summed E-state index contributed by atoms with van der Waals surface area (Å²) in [6, 6.07) is 8.41. The van der Waals surface area contributed by atoms with Gasteiger partial charge >= 0.3 is 12.2 Å². The van der Waals surface area contributed by atoms with Crippen LogP contribution in [0.5, 0.6) is 0 Å². The van der Waals surface area contributed by atoms with E-state index in [2.05, 4.69) is 40.9 Å². The average Bonchev–Trinajstić information content (AvgIpc) is 3.96. The van der Waals surface area contributed by atoms with E-state index in [-0.39, 0.29) is 30.0 Å². The summed E-state index contributed by atoms with van der Waals surface area (Å²) in [7, 11) is 1.32. The first kappa shape index (κ1) is 36.1. The summed E-state index contributed by atoms with van der Waals surface area (Å²) in [5, 5.41) is 2.88. The normalized spacial score (nSPS) is 21.9. The molecule has 1 unspecified atom stereocenters. The molecule has 2 amide bonds. The first-order valence-electron chi connectivity index (χ1n) is 18.2. The number of hydrogen-bond donors (Lipinski definition) is 3. The fraction of sp³-hybridized carbons (Fsp3) is 0.410. The van der Waals surface area contributed by atoms with E-state index in [1.807, 2.05) is 36.7 Å². The van der Waals surface area contributed by atoms with Crippen LogP contribution in [0.3, 0.4) is 0 Å². The number of aromatic amines is 2. The van der Waals surface area contributed by atoms with Gasteiger partial charge in [0.1, 0.15) is 23.0 Å². The molecule has 1 aliphatic carbocycles. The number of hydrogen-bond acceptors (Lipinski definition) is 9. The number of Topliss-reactive ketones (excluding diaryl/α,β-unsaturated/α-hetero) is 1. The molecule has 2 aliphatic heterocycles. The molecule has 3 N–H and O–H groups in total. The lowest BCUT2D eigenvalue weighted by molar-refractivity contribution is -0.121. The number of rotatable bonds is 6. The molecule has 16 heteroatoms. The number of methoxy groups -OCH3 is 1. The van der Waals surface area contributed by atoms with Gasteiger partial charge in [-0.25, -0.2) is 38.3 Å². The molecule has 286 valence electrons. The van der Waals surface area contributed by atoms with Gasteiger partial charge in [0.2, 0.25) is 0 Å². The number of alkyl carbamates (subject to hydrolysis) is 1. The largest absolute Gasteiger partial charge is 0.453 e. The molecule has 0 bridgehead atoms. The van der Waals surface area contributed by atoms with Crippen LogP contribution in [0.25, 0.3) is 33.9 Å². The van der Waals surface area contributed by atoms with Crippen molar-refractivity contribution in [2.45, 2.75) is 88.4 Å². The number of imidazole rings is 2. The van der Waals surface area contributed by atoms with Crippen LogP contribution in [0.1, 0.15) is 80.8 Å². The Balaban J connectivity index is 0.946. The Bertz CT molecular complexity index is 2240. The van der Waals surface area contributed by atoms with Crippen molar-refractivity contribution in [3.05, 3.63) is 84.2 Å². The lowest BCUT2D eigenvalue weighted by Crippen LogP contribution is -2.44. The van der Waals surface area contributed by atoms with Crippen LogP contribution >= 0.6 is 0 Å². The van der Waals surface area contributed by atoms with Crippen molar-refractivity contribution in [2.24, 2.45) is 0 Å². The number of likely N-dealkylation sites (tertiary alicyclic amines) is 1. The molecule has 6 heterocycles. The molecule has 4 aromatic heterocycles. The van der Waals surface area contributed by atoms with Gasteiger partial charge in [-0.2, -0.15) is 0 Å². The summed E-state index contributed by atoms with van der Waals surface area (Å²) in [5.41, 5.74) is 4.76. The molecule has 0 radical (unpaired) electrons. The molecule has 5 aromatic rings. The summed E-state index contributed by atoms with van der Waals surface area (Å²) in [6.45, 7) is 4.88. The van der Waals surface area contributed by atoms with Crippen LogP contribution in [0.2, 0.25) is 0 Å². The molecule has 1 fully saturated rings. The third kappa shape index (κ3) is 7.20. The van der Waals surface area contributed by atoms with E-state index in [1.165, 1.54) is 13.3 Å². The van der Waals surface area contributed by atoms with Crippen LogP contribution in [-0.2, 0) is 27.2 Å². The minimum absolute atomic E-state index is 0.0643. The molecule has 1 aromatic carbocycles. The van der Waals surface area contributed by atoms with Crippen molar-refractivity contribution in [1.82, 2.24) is 44.7 Å². The molecule has 4 atom stereocenters. The van der Waals surface area contributed by atoms with E-state index in [0.29, 0.717) is 35.9 Å². The Kier molecular flexibility index (Phi) is 9.00. The number of ether oxygens (including phenoxy) is 2. The summed E-state index contributed by atoms with van der Waals surface area (Å²) < 4.78 is 41.3. The highest BCUT2D eigenvalue weighted by Crippen LogP contribution is 2.42. The number of ketones is 1. The van der Waals surface area contributed by atoms with Crippen molar-refractivity contribution >= 4 is 18.0 Å². The maximum absolute atomic E-state index is 14.5. The average molecular weight is 754 g/mol. The lowest BCUT2D eigenvalue weighted by atomic mass is 9.79. The number of alkyl halides is 2. The van der Waals surface area contributed by atoms with Crippen molar-refractivity contribution in [2.75, 3.05) is 13.7 Å². The van der Waals surface area contributed by atoms with Crippen LogP contribution in [-0.4, -0.2) is 88.6 Å². The van der Waals surface area contributed by atoms with Gasteiger partial charge in [0, 0.05) is 78.5 Å². The van der Waals surface area contributed by atoms with E-state index in [4.69, 9.17) is 14.5 Å². The molecular weight excluding hydrogens is 712 g/mol. The quantitative estimate of drug-likeness (QED) is 0.174. The second-order valence-electron chi connectivity index (χ2n) is 15.4. The first-order chi connectivity index (χ1) is 26.2. The number of aromatic nitrogens is 7. The molecule has 3 aliphatic rings. The summed E-state index contributed by atoms with van der Waals surface area (Å²) in [6.07, 6.45) is 8.40. The second-order valence-corrected chi connectivity index (χ2v) is 15.4. The first-order valence-corrected chi connectivity index (χ1v) is 18.2. The third-order valence-corrected chi connectivity index (χ3v) is 10.4. The van der Waals surface area contributed by atoms with Crippen molar-refractivity contribution in [3.63, 3.8) is 0 Å².